The van der Waals surface area contributed by atoms with Gasteiger partial charge in [0.05, 0.1) is 6.26 Å². The van der Waals surface area contributed by atoms with E-state index in [-0.39, 0.29) is 0 Å². The minimum Gasteiger partial charge on any atom is -0.239 e. The van der Waals surface area contributed by atoms with E-state index in [1.807, 2.05) is 24.3 Å². The highest BCUT2D eigenvalue weighted by atomic mass is 32.2. The van der Waals surface area contributed by atoms with Crippen molar-refractivity contribution in [3.05, 3.63) is 54.1 Å². The minimum absolute atomic E-state index is 0.482. The van der Waals surface area contributed by atoms with Gasteiger partial charge < -0.3 is 0 Å². The van der Waals surface area contributed by atoms with E-state index in [9.17, 15) is 8.42 Å². The normalized spacial score (nSPS) is 11.6. The van der Waals surface area contributed by atoms with Gasteiger partial charge in [-0.2, -0.15) is 0 Å². The second-order valence-corrected chi connectivity index (χ2v) is 7.95. The van der Waals surface area contributed by atoms with Gasteiger partial charge in [-0.3, -0.25) is 0 Å². The van der Waals surface area contributed by atoms with Crippen LogP contribution in [0.3, 0.4) is 0 Å². The van der Waals surface area contributed by atoms with Crippen molar-refractivity contribution in [2.75, 3.05) is 12.8 Å². The summed E-state index contributed by atoms with van der Waals surface area (Å²) in [5, 5.41) is 14.1. The predicted octanol–water partition coefficient (Wildman–Crippen LogP) is 2.41. The smallest absolute Gasteiger partial charge is 0.208 e. The first kappa shape index (κ1) is 18.2. The molecule has 7 nitrogen and oxygen atoms in total. The number of hydrogen-bond acceptors (Lipinski definition) is 5. The maximum absolute atomic E-state index is 11.0. The van der Waals surface area contributed by atoms with Gasteiger partial charge in [-0.15, -0.1) is 5.10 Å². The molecule has 0 aliphatic rings. The van der Waals surface area contributed by atoms with E-state index in [0.717, 1.165) is 36.0 Å². The molecule has 2 aromatic carbocycles. The van der Waals surface area contributed by atoms with E-state index >= 15 is 0 Å². The Hall–Kier alpha value is -2.58. The van der Waals surface area contributed by atoms with E-state index < -0.39 is 10.0 Å². The Balaban J connectivity index is 1.64. The number of tetrazole rings is 1. The standard InChI is InChI=1S/C18H21N5O2S/c1-26(24,25)19-13-5-4-6-14-9-11-15(12-10-14)16-7-2-3-8-17(16)18-20-22-23-21-18/h2-3,7-12,19H,4-6,13H2,1H3,(H,20,21,22,23). The molecule has 0 unspecified atom stereocenters. The molecule has 0 bridgehead atoms. The number of hydrogen-bond donors (Lipinski definition) is 2. The Morgan fingerprint density at radius 1 is 1.00 bits per heavy atom. The molecule has 8 heteroatoms. The van der Waals surface area contributed by atoms with Gasteiger partial charge >= 0.3 is 0 Å². The van der Waals surface area contributed by atoms with Crippen LogP contribution >= 0.6 is 0 Å². The molecule has 0 saturated carbocycles. The van der Waals surface area contributed by atoms with Gasteiger partial charge in [0.1, 0.15) is 0 Å². The summed E-state index contributed by atoms with van der Waals surface area (Å²) in [6, 6.07) is 16.4. The molecular weight excluding hydrogens is 350 g/mol. The second-order valence-electron chi connectivity index (χ2n) is 6.12. The number of aryl methyl sites for hydroxylation is 1. The summed E-state index contributed by atoms with van der Waals surface area (Å²) >= 11 is 0. The average Bonchev–Trinajstić information content (AvgIpc) is 3.16. The minimum atomic E-state index is -3.09. The first-order valence-corrected chi connectivity index (χ1v) is 10.3. The lowest BCUT2D eigenvalue weighted by Gasteiger charge is -2.08. The van der Waals surface area contributed by atoms with Crippen LogP contribution in [0.5, 0.6) is 0 Å². The van der Waals surface area contributed by atoms with Crippen LogP contribution < -0.4 is 4.72 Å². The summed E-state index contributed by atoms with van der Waals surface area (Å²) in [7, 11) is -3.09. The van der Waals surface area contributed by atoms with Crippen molar-refractivity contribution in [2.45, 2.75) is 19.3 Å². The second kappa shape index (κ2) is 8.20. The number of unbranched alkanes of at least 4 members (excludes halogenated alkanes) is 1. The highest BCUT2D eigenvalue weighted by molar-refractivity contribution is 7.88. The Morgan fingerprint density at radius 3 is 2.38 bits per heavy atom. The maximum Gasteiger partial charge on any atom is 0.208 e. The van der Waals surface area contributed by atoms with Crippen LogP contribution in [0.25, 0.3) is 22.5 Å². The molecule has 0 aliphatic carbocycles. The fourth-order valence-corrected chi connectivity index (χ4v) is 3.29. The number of H-pyrrole nitrogens is 1. The molecule has 0 fully saturated rings. The summed E-state index contributed by atoms with van der Waals surface area (Å²) in [5.41, 5.74) is 4.35. The van der Waals surface area contributed by atoms with Gasteiger partial charge in [0.25, 0.3) is 0 Å². The molecule has 0 spiro atoms. The summed E-state index contributed by atoms with van der Waals surface area (Å²) in [6.45, 7) is 0.482. The Kier molecular flexibility index (Phi) is 5.75. The van der Waals surface area contributed by atoms with Gasteiger partial charge in [0, 0.05) is 12.1 Å². The largest absolute Gasteiger partial charge is 0.239 e. The quantitative estimate of drug-likeness (QED) is 0.592. The number of nitrogens with one attached hydrogen (secondary N) is 2. The summed E-state index contributed by atoms with van der Waals surface area (Å²) < 4.78 is 24.6. The number of rotatable bonds is 8. The number of sulfonamides is 1. The number of aromatic amines is 1. The molecule has 1 heterocycles. The SMILES string of the molecule is CS(=O)(=O)NCCCCc1ccc(-c2ccccc2-c2nnn[nH]2)cc1. The molecule has 136 valence electrons. The van der Waals surface area contributed by atoms with Crippen LogP contribution in [0.15, 0.2) is 48.5 Å². The van der Waals surface area contributed by atoms with E-state index in [0.29, 0.717) is 12.4 Å². The fraction of sp³-hybridized carbons (Fsp3) is 0.278. The Morgan fingerprint density at radius 2 is 1.73 bits per heavy atom. The first-order chi connectivity index (χ1) is 12.5. The highest BCUT2D eigenvalue weighted by Gasteiger charge is 2.09. The van der Waals surface area contributed by atoms with Crippen molar-refractivity contribution in [2.24, 2.45) is 0 Å². The molecule has 1 aromatic heterocycles. The van der Waals surface area contributed by atoms with Gasteiger partial charge in [-0.05, 0) is 46.4 Å². The van der Waals surface area contributed by atoms with Crippen molar-refractivity contribution in [3.8, 4) is 22.5 Å². The zero-order chi connectivity index (χ0) is 18.4. The van der Waals surface area contributed by atoms with Crippen LogP contribution in [0, 0.1) is 0 Å². The molecule has 0 atom stereocenters. The first-order valence-electron chi connectivity index (χ1n) is 8.40. The molecule has 0 aliphatic heterocycles. The van der Waals surface area contributed by atoms with Crippen LogP contribution in [0.1, 0.15) is 18.4 Å². The monoisotopic (exact) mass is 371 g/mol. The summed E-state index contributed by atoms with van der Waals surface area (Å²) in [4.78, 5) is 0. The molecule has 3 rings (SSSR count). The van der Waals surface area contributed by atoms with Crippen molar-refractivity contribution in [3.63, 3.8) is 0 Å². The molecule has 2 N–H and O–H groups in total. The maximum atomic E-state index is 11.0. The number of aromatic nitrogens is 4. The van der Waals surface area contributed by atoms with Crippen LogP contribution in [0.4, 0.5) is 0 Å². The topological polar surface area (TPSA) is 101 Å². The van der Waals surface area contributed by atoms with E-state index in [1.165, 1.54) is 11.8 Å². The Bertz CT molecular complexity index is 938. The third-order valence-corrected chi connectivity index (χ3v) is 4.78. The number of nitrogens with zero attached hydrogens (tertiary/aromatic N) is 3. The van der Waals surface area contributed by atoms with Crippen LogP contribution in [-0.2, 0) is 16.4 Å². The Labute approximate surface area is 152 Å². The highest BCUT2D eigenvalue weighted by Crippen LogP contribution is 2.29. The van der Waals surface area contributed by atoms with Crippen molar-refractivity contribution in [1.82, 2.24) is 25.3 Å². The molecule has 0 radical (unpaired) electrons. The molecular formula is C18H21N5O2S. The molecule has 0 amide bonds. The van der Waals surface area contributed by atoms with E-state index in [4.69, 9.17) is 0 Å². The van der Waals surface area contributed by atoms with E-state index in [2.05, 4.69) is 49.6 Å². The van der Waals surface area contributed by atoms with Crippen molar-refractivity contribution >= 4 is 10.0 Å². The third-order valence-electron chi connectivity index (χ3n) is 4.05. The summed E-state index contributed by atoms with van der Waals surface area (Å²) in [6.07, 6.45) is 3.84. The summed E-state index contributed by atoms with van der Waals surface area (Å²) in [5.74, 6) is 0.642. The van der Waals surface area contributed by atoms with Gasteiger partial charge in [-0.25, -0.2) is 18.2 Å². The fourth-order valence-electron chi connectivity index (χ4n) is 2.78. The zero-order valence-electron chi connectivity index (χ0n) is 14.5. The lowest BCUT2D eigenvalue weighted by atomic mass is 9.97. The van der Waals surface area contributed by atoms with Crippen LogP contribution in [0.2, 0.25) is 0 Å². The molecule has 26 heavy (non-hydrogen) atoms. The van der Waals surface area contributed by atoms with Gasteiger partial charge in [-0.1, -0.05) is 48.5 Å². The lowest BCUT2D eigenvalue weighted by molar-refractivity contribution is 0.583. The van der Waals surface area contributed by atoms with Gasteiger partial charge in [0.15, 0.2) is 5.82 Å². The number of benzene rings is 2. The van der Waals surface area contributed by atoms with Crippen LogP contribution in [-0.4, -0.2) is 41.8 Å². The third kappa shape index (κ3) is 4.96. The lowest BCUT2D eigenvalue weighted by Crippen LogP contribution is -2.22. The zero-order valence-corrected chi connectivity index (χ0v) is 15.3. The average molecular weight is 371 g/mol. The van der Waals surface area contributed by atoms with E-state index in [1.54, 1.807) is 0 Å². The van der Waals surface area contributed by atoms with Crippen molar-refractivity contribution < 1.29 is 8.42 Å². The van der Waals surface area contributed by atoms with Gasteiger partial charge in [0.2, 0.25) is 10.0 Å². The molecule has 0 saturated heterocycles. The predicted molar refractivity (Wildman–Crippen MR) is 101 cm³/mol. The van der Waals surface area contributed by atoms with Crippen molar-refractivity contribution in [1.29, 1.82) is 0 Å². The molecule has 3 aromatic rings.